The van der Waals surface area contributed by atoms with Crippen LogP contribution in [0.2, 0.25) is 0 Å². The molecule has 0 bridgehead atoms. The van der Waals surface area contributed by atoms with E-state index in [0.29, 0.717) is 0 Å². The molecule has 0 unspecified atom stereocenters. The van der Waals surface area contributed by atoms with Crippen LogP contribution in [0.15, 0.2) is 24.3 Å². The summed E-state index contributed by atoms with van der Waals surface area (Å²) in [5, 5.41) is 0. The SMILES string of the molecule is CCOc1ccc(CC(=[Se])N(CC)CC)cc1. The first kappa shape index (κ1) is 14.3. The summed E-state index contributed by atoms with van der Waals surface area (Å²) < 4.78 is 6.74. The molecule has 3 heteroatoms. The van der Waals surface area contributed by atoms with Gasteiger partial charge >= 0.3 is 112 Å². The molecule has 1 rings (SSSR count). The number of hydrogen-bond donors (Lipinski definition) is 0. The molecule has 94 valence electrons. The van der Waals surface area contributed by atoms with E-state index >= 15 is 0 Å². The molecule has 1 aromatic carbocycles. The molecule has 0 radical (unpaired) electrons. The third kappa shape index (κ3) is 4.53. The maximum atomic E-state index is 5.43. The summed E-state index contributed by atoms with van der Waals surface area (Å²) in [6.07, 6.45) is 0.966. The van der Waals surface area contributed by atoms with E-state index in [4.69, 9.17) is 4.74 Å². The van der Waals surface area contributed by atoms with Gasteiger partial charge < -0.3 is 0 Å². The van der Waals surface area contributed by atoms with Crippen LogP contribution in [0.1, 0.15) is 26.3 Å². The van der Waals surface area contributed by atoms with E-state index in [0.717, 1.165) is 31.9 Å². The molecule has 0 aromatic heterocycles. The number of hydrogen-bond acceptors (Lipinski definition) is 2. The first-order valence-corrected chi connectivity index (χ1v) is 7.06. The zero-order valence-electron chi connectivity index (χ0n) is 10.9. The van der Waals surface area contributed by atoms with Crippen molar-refractivity contribution >= 4 is 20.1 Å². The third-order valence-electron chi connectivity index (χ3n) is 2.71. The van der Waals surface area contributed by atoms with Crippen LogP contribution in [0.3, 0.4) is 0 Å². The van der Waals surface area contributed by atoms with E-state index in [1.807, 2.05) is 19.1 Å². The fraction of sp³-hybridized carbons (Fsp3) is 0.500. The zero-order valence-corrected chi connectivity index (χ0v) is 12.6. The molecule has 2 nitrogen and oxygen atoms in total. The van der Waals surface area contributed by atoms with Gasteiger partial charge in [-0.2, -0.15) is 0 Å². The Kier molecular flexibility index (Phi) is 6.31. The first-order valence-electron chi connectivity index (χ1n) is 6.20. The van der Waals surface area contributed by atoms with Crippen LogP contribution in [0.25, 0.3) is 0 Å². The monoisotopic (exact) mass is 299 g/mol. The number of benzene rings is 1. The molecule has 0 amide bonds. The second-order valence-electron chi connectivity index (χ2n) is 3.82. The predicted octanol–water partition coefficient (Wildman–Crippen LogP) is 2.27. The van der Waals surface area contributed by atoms with Crippen molar-refractivity contribution in [1.29, 1.82) is 0 Å². The molecule has 0 N–H and O–H groups in total. The Morgan fingerprint density at radius 2 is 1.71 bits per heavy atom. The molecule has 0 spiro atoms. The van der Waals surface area contributed by atoms with Crippen molar-refractivity contribution in [2.24, 2.45) is 0 Å². The molecule has 1 aromatic rings. The Bertz CT molecular complexity index is 344. The molecule has 0 saturated carbocycles. The van der Waals surface area contributed by atoms with Crippen molar-refractivity contribution in [2.45, 2.75) is 27.2 Å². The average molecular weight is 298 g/mol. The number of ether oxygens (including phenoxy) is 1. The molecule has 0 heterocycles. The zero-order chi connectivity index (χ0) is 12.7. The van der Waals surface area contributed by atoms with Gasteiger partial charge in [0.15, 0.2) is 0 Å². The van der Waals surface area contributed by atoms with E-state index in [1.165, 1.54) is 10.1 Å². The second-order valence-corrected chi connectivity index (χ2v) is 4.81. The molecule has 17 heavy (non-hydrogen) atoms. The summed E-state index contributed by atoms with van der Waals surface area (Å²) in [7, 11) is 0. The molecule has 0 aliphatic rings. The number of likely N-dealkylation sites (N-methyl/N-ethyl adjacent to an activating group) is 1. The molecule has 0 saturated heterocycles. The molecule has 0 aliphatic heterocycles. The van der Waals surface area contributed by atoms with Gasteiger partial charge in [-0.1, -0.05) is 0 Å². The van der Waals surface area contributed by atoms with Crippen LogP contribution in [0.5, 0.6) is 5.75 Å². The van der Waals surface area contributed by atoms with Gasteiger partial charge in [-0.3, -0.25) is 0 Å². The summed E-state index contributed by atoms with van der Waals surface area (Å²) in [5.74, 6) is 0.945. The minimum absolute atomic E-state index is 0.720. The Morgan fingerprint density at radius 3 is 2.18 bits per heavy atom. The van der Waals surface area contributed by atoms with Crippen LogP contribution >= 0.6 is 0 Å². The summed E-state index contributed by atoms with van der Waals surface area (Å²) in [5.41, 5.74) is 1.31. The van der Waals surface area contributed by atoms with Crippen molar-refractivity contribution in [3.05, 3.63) is 29.8 Å². The van der Waals surface area contributed by atoms with Gasteiger partial charge in [0.2, 0.25) is 0 Å². The normalized spacial score (nSPS) is 10.1. The van der Waals surface area contributed by atoms with Gasteiger partial charge in [0, 0.05) is 0 Å². The molecular weight excluding hydrogens is 277 g/mol. The molecule has 0 fully saturated rings. The van der Waals surface area contributed by atoms with Gasteiger partial charge in [0.1, 0.15) is 0 Å². The van der Waals surface area contributed by atoms with E-state index in [-0.39, 0.29) is 0 Å². The van der Waals surface area contributed by atoms with Crippen molar-refractivity contribution in [3.63, 3.8) is 0 Å². The van der Waals surface area contributed by atoms with Crippen LogP contribution in [-0.2, 0) is 6.42 Å². The van der Waals surface area contributed by atoms with Gasteiger partial charge in [-0.05, 0) is 0 Å². The topological polar surface area (TPSA) is 12.5 Å². The standard InChI is InChI=1S/C14H21NOSe/c1-4-15(5-2)14(17)11-12-7-9-13(10-8-12)16-6-3/h7-10H,4-6,11H2,1-3H3. The van der Waals surface area contributed by atoms with E-state index in [2.05, 4.69) is 46.5 Å². The summed E-state index contributed by atoms with van der Waals surface area (Å²) >= 11 is 3.18. The van der Waals surface area contributed by atoms with Crippen LogP contribution in [0.4, 0.5) is 0 Å². The van der Waals surface area contributed by atoms with Gasteiger partial charge in [-0.25, -0.2) is 0 Å². The van der Waals surface area contributed by atoms with Gasteiger partial charge in [-0.15, -0.1) is 0 Å². The van der Waals surface area contributed by atoms with E-state index < -0.39 is 0 Å². The number of nitrogens with zero attached hydrogens (tertiary/aromatic N) is 1. The Balaban J connectivity index is 2.59. The van der Waals surface area contributed by atoms with Crippen molar-refractivity contribution in [1.82, 2.24) is 4.90 Å². The summed E-state index contributed by atoms with van der Waals surface area (Å²) in [6, 6.07) is 8.33. The minimum atomic E-state index is 0.720. The predicted molar refractivity (Wildman–Crippen MR) is 75.0 cm³/mol. The molecule has 0 aliphatic carbocycles. The molecular formula is C14H21NOSe. The Morgan fingerprint density at radius 1 is 1.12 bits per heavy atom. The Hall–Kier alpha value is -0.791. The van der Waals surface area contributed by atoms with E-state index in [1.54, 1.807) is 0 Å². The van der Waals surface area contributed by atoms with Gasteiger partial charge in [0.05, 0.1) is 0 Å². The maximum absolute atomic E-state index is 5.43. The quantitative estimate of drug-likeness (QED) is 0.716. The van der Waals surface area contributed by atoms with Crippen LogP contribution in [0, 0.1) is 0 Å². The van der Waals surface area contributed by atoms with Crippen molar-refractivity contribution in [2.75, 3.05) is 19.7 Å². The Labute approximate surface area is 112 Å². The van der Waals surface area contributed by atoms with Crippen LogP contribution in [-0.4, -0.2) is 44.7 Å². The summed E-state index contributed by atoms with van der Waals surface area (Å²) in [6.45, 7) is 9.18. The van der Waals surface area contributed by atoms with Crippen molar-refractivity contribution in [3.8, 4) is 5.75 Å². The van der Waals surface area contributed by atoms with Crippen LogP contribution < -0.4 is 4.74 Å². The van der Waals surface area contributed by atoms with E-state index in [9.17, 15) is 0 Å². The fourth-order valence-corrected chi connectivity index (χ4v) is 2.62. The summed E-state index contributed by atoms with van der Waals surface area (Å²) in [4.78, 5) is 2.34. The van der Waals surface area contributed by atoms with Gasteiger partial charge in [0.25, 0.3) is 0 Å². The fourth-order valence-electron chi connectivity index (χ4n) is 1.73. The second kappa shape index (κ2) is 7.52. The molecule has 0 atom stereocenters. The first-order chi connectivity index (χ1) is 8.21. The average Bonchev–Trinajstić information content (AvgIpc) is 2.33. The third-order valence-corrected chi connectivity index (χ3v) is 3.55. The number of rotatable bonds is 7. The van der Waals surface area contributed by atoms with Crippen molar-refractivity contribution < 1.29 is 4.74 Å².